The van der Waals surface area contributed by atoms with Crippen LogP contribution in [0.25, 0.3) is 11.4 Å². The molecule has 3 aromatic rings. The van der Waals surface area contributed by atoms with Crippen LogP contribution < -0.4 is 14.5 Å². The van der Waals surface area contributed by atoms with Crippen LogP contribution in [-0.4, -0.2) is 41.7 Å². The number of rotatable bonds is 9. The summed E-state index contributed by atoms with van der Waals surface area (Å²) in [6, 6.07) is 10.6. The first-order valence-corrected chi connectivity index (χ1v) is 13.5. The molecule has 2 aromatic heterocycles. The van der Waals surface area contributed by atoms with Crippen LogP contribution in [-0.2, 0) is 19.4 Å². The summed E-state index contributed by atoms with van der Waals surface area (Å²) >= 11 is 0. The number of ether oxygens (including phenoxy) is 1. The monoisotopic (exact) mass is 487 g/mol. The molecule has 0 saturated carbocycles. The molecule has 0 radical (unpaired) electrons. The predicted octanol–water partition coefficient (Wildman–Crippen LogP) is 6.31. The van der Waals surface area contributed by atoms with E-state index in [1.165, 1.54) is 41.5 Å². The molecule has 36 heavy (non-hydrogen) atoms. The zero-order valence-electron chi connectivity index (χ0n) is 22.9. The molecule has 0 amide bonds. The van der Waals surface area contributed by atoms with Crippen molar-refractivity contribution in [3.05, 3.63) is 58.4 Å². The van der Waals surface area contributed by atoms with Gasteiger partial charge in [-0.05, 0) is 76.1 Å². The normalized spacial score (nSPS) is 13.7. The topological polar surface area (TPSA) is 54.4 Å². The Morgan fingerprint density at radius 3 is 2.22 bits per heavy atom. The van der Waals surface area contributed by atoms with Gasteiger partial charge in [0, 0.05) is 49.2 Å². The van der Waals surface area contributed by atoms with E-state index in [1.54, 1.807) is 0 Å². The average molecular weight is 488 g/mol. The maximum Gasteiger partial charge on any atom is 0.171 e. The van der Waals surface area contributed by atoms with Crippen molar-refractivity contribution in [3.8, 4) is 17.1 Å². The molecule has 192 valence electrons. The van der Waals surface area contributed by atoms with Crippen molar-refractivity contribution in [2.24, 2.45) is 0 Å². The Hall–Kier alpha value is -3.15. The number of hydrogen-bond donors (Lipinski definition) is 0. The first kappa shape index (κ1) is 25.9. The molecule has 1 saturated heterocycles. The third-order valence-corrected chi connectivity index (χ3v) is 7.11. The van der Waals surface area contributed by atoms with Gasteiger partial charge in [-0.15, -0.1) is 0 Å². The van der Waals surface area contributed by atoms with Crippen LogP contribution in [0.1, 0.15) is 68.1 Å². The summed E-state index contributed by atoms with van der Waals surface area (Å²) in [6.45, 7) is 13.9. The van der Waals surface area contributed by atoms with Gasteiger partial charge in [0.25, 0.3) is 0 Å². The molecule has 0 bridgehead atoms. The van der Waals surface area contributed by atoms with Crippen molar-refractivity contribution >= 4 is 11.6 Å². The lowest BCUT2D eigenvalue weighted by Crippen LogP contribution is -2.33. The number of hydrogen-bond acceptors (Lipinski definition) is 6. The quantitative estimate of drug-likeness (QED) is 0.353. The maximum absolute atomic E-state index is 5.91. The third kappa shape index (κ3) is 5.48. The molecule has 0 N–H and O–H groups in total. The largest absolute Gasteiger partial charge is 0.490 e. The summed E-state index contributed by atoms with van der Waals surface area (Å²) in [6.07, 6.45) is 5.62. The molecule has 1 aromatic carbocycles. The van der Waals surface area contributed by atoms with E-state index in [0.29, 0.717) is 13.2 Å². The van der Waals surface area contributed by atoms with Crippen LogP contribution in [0, 0.1) is 13.8 Å². The fourth-order valence-electron chi connectivity index (χ4n) is 5.16. The van der Waals surface area contributed by atoms with Crippen LogP contribution in [0.3, 0.4) is 0 Å². The molecule has 0 atom stereocenters. The predicted molar refractivity (Wildman–Crippen MR) is 149 cm³/mol. The van der Waals surface area contributed by atoms with Gasteiger partial charge < -0.3 is 14.5 Å². The molecule has 0 spiro atoms. The van der Waals surface area contributed by atoms with Gasteiger partial charge >= 0.3 is 0 Å². The van der Waals surface area contributed by atoms with Crippen LogP contribution in [0.15, 0.2) is 30.3 Å². The summed E-state index contributed by atoms with van der Waals surface area (Å²) in [5.74, 6) is 3.60. The lowest BCUT2D eigenvalue weighted by Gasteiger charge is -2.32. The standard InChI is InChI=1S/C30H41N5O/c1-7-23-14-13-15-24(8-2)27(23)28-32-22(5)25(29(33-28)35-18-11-10-12-19-35)20-34(6)30-26(36-9-3)17-16-21(4)31-30/h13-17H,7-12,18-20H2,1-6H3. The van der Waals surface area contributed by atoms with Crippen molar-refractivity contribution in [3.63, 3.8) is 0 Å². The van der Waals surface area contributed by atoms with Crippen LogP contribution in [0.2, 0.25) is 0 Å². The van der Waals surface area contributed by atoms with Gasteiger partial charge in [-0.2, -0.15) is 0 Å². The Morgan fingerprint density at radius 1 is 0.889 bits per heavy atom. The highest BCUT2D eigenvalue weighted by molar-refractivity contribution is 5.68. The first-order valence-electron chi connectivity index (χ1n) is 13.5. The van der Waals surface area contributed by atoms with Crippen LogP contribution >= 0.6 is 0 Å². The zero-order valence-corrected chi connectivity index (χ0v) is 22.9. The number of benzene rings is 1. The molecular formula is C30H41N5O. The van der Waals surface area contributed by atoms with Gasteiger partial charge in [-0.25, -0.2) is 15.0 Å². The average Bonchev–Trinajstić information content (AvgIpc) is 2.90. The Balaban J connectivity index is 1.81. The minimum atomic E-state index is 0.609. The van der Waals surface area contributed by atoms with Gasteiger partial charge in [-0.3, -0.25) is 0 Å². The number of anilines is 2. The minimum absolute atomic E-state index is 0.609. The lowest BCUT2D eigenvalue weighted by atomic mass is 9.96. The van der Waals surface area contributed by atoms with E-state index in [0.717, 1.165) is 60.5 Å². The molecule has 6 heteroatoms. The van der Waals surface area contributed by atoms with Crippen molar-refractivity contribution in [1.29, 1.82) is 0 Å². The van der Waals surface area contributed by atoms with Crippen molar-refractivity contribution < 1.29 is 4.74 Å². The number of nitrogens with zero attached hydrogens (tertiary/aromatic N) is 5. The molecule has 4 rings (SSSR count). The van der Waals surface area contributed by atoms with Gasteiger partial charge in [-0.1, -0.05) is 32.0 Å². The summed E-state index contributed by atoms with van der Waals surface area (Å²) in [7, 11) is 2.08. The van der Waals surface area contributed by atoms with E-state index >= 15 is 0 Å². The highest BCUT2D eigenvalue weighted by atomic mass is 16.5. The highest BCUT2D eigenvalue weighted by Gasteiger charge is 2.24. The van der Waals surface area contributed by atoms with E-state index < -0.39 is 0 Å². The Kier molecular flexibility index (Phi) is 8.44. The second kappa shape index (κ2) is 11.7. The Labute approximate surface area is 216 Å². The molecule has 0 aliphatic carbocycles. The number of piperidine rings is 1. The second-order valence-electron chi connectivity index (χ2n) is 9.70. The minimum Gasteiger partial charge on any atom is -0.490 e. The van der Waals surface area contributed by atoms with E-state index in [-0.39, 0.29) is 0 Å². The summed E-state index contributed by atoms with van der Waals surface area (Å²) < 4.78 is 5.91. The fraction of sp³-hybridized carbons (Fsp3) is 0.500. The van der Waals surface area contributed by atoms with Gasteiger partial charge in [0.05, 0.1) is 6.61 Å². The zero-order chi connectivity index (χ0) is 25.7. The van der Waals surface area contributed by atoms with Crippen molar-refractivity contribution in [1.82, 2.24) is 15.0 Å². The number of aromatic nitrogens is 3. The van der Waals surface area contributed by atoms with Crippen molar-refractivity contribution in [2.75, 3.05) is 36.5 Å². The van der Waals surface area contributed by atoms with Crippen LogP contribution in [0.5, 0.6) is 5.75 Å². The second-order valence-corrected chi connectivity index (χ2v) is 9.70. The molecule has 3 heterocycles. The molecular weight excluding hydrogens is 446 g/mol. The van der Waals surface area contributed by atoms with Crippen molar-refractivity contribution in [2.45, 2.75) is 73.3 Å². The summed E-state index contributed by atoms with van der Waals surface area (Å²) in [5.41, 5.74) is 7.01. The summed E-state index contributed by atoms with van der Waals surface area (Å²) in [4.78, 5) is 19.9. The fourth-order valence-corrected chi connectivity index (χ4v) is 5.16. The molecule has 1 aliphatic heterocycles. The SMILES string of the molecule is CCOc1ccc(C)nc1N(C)Cc1c(C)nc(-c2c(CC)cccc2CC)nc1N1CCCCC1. The smallest absolute Gasteiger partial charge is 0.171 e. The number of aryl methyl sites for hydroxylation is 4. The van der Waals surface area contributed by atoms with Gasteiger partial charge in [0.15, 0.2) is 17.4 Å². The van der Waals surface area contributed by atoms with Gasteiger partial charge in [0.1, 0.15) is 5.82 Å². The highest BCUT2D eigenvalue weighted by Crippen LogP contribution is 2.34. The van der Waals surface area contributed by atoms with E-state index in [9.17, 15) is 0 Å². The lowest BCUT2D eigenvalue weighted by molar-refractivity contribution is 0.339. The van der Waals surface area contributed by atoms with E-state index in [2.05, 4.69) is 55.8 Å². The Morgan fingerprint density at radius 2 is 1.58 bits per heavy atom. The van der Waals surface area contributed by atoms with E-state index in [1.807, 2.05) is 26.0 Å². The third-order valence-electron chi connectivity index (χ3n) is 7.11. The van der Waals surface area contributed by atoms with Gasteiger partial charge in [0.2, 0.25) is 0 Å². The molecule has 1 aliphatic rings. The molecule has 6 nitrogen and oxygen atoms in total. The van der Waals surface area contributed by atoms with E-state index in [4.69, 9.17) is 19.7 Å². The van der Waals surface area contributed by atoms with Crippen LogP contribution in [0.4, 0.5) is 11.6 Å². The Bertz CT molecular complexity index is 1160. The number of pyridine rings is 1. The first-order chi connectivity index (χ1) is 17.5. The molecule has 0 unspecified atom stereocenters. The summed E-state index contributed by atoms with van der Waals surface area (Å²) in [5, 5.41) is 0. The molecule has 1 fully saturated rings. The maximum atomic E-state index is 5.91.